The van der Waals surface area contributed by atoms with Crippen LogP contribution >= 0.6 is 23.1 Å². The molecule has 0 aliphatic rings. The molecule has 0 aliphatic heterocycles. The van der Waals surface area contributed by atoms with Crippen molar-refractivity contribution in [3.8, 4) is 0 Å². The van der Waals surface area contributed by atoms with Gasteiger partial charge in [-0.05, 0) is 43.3 Å². The zero-order chi connectivity index (χ0) is 16.3. The first kappa shape index (κ1) is 13.9. The average molecular weight is 352 g/mol. The molecular weight excluding hydrogens is 340 g/mol. The van der Waals surface area contributed by atoms with Crippen molar-refractivity contribution >= 4 is 44.6 Å². The molecule has 1 aromatic carbocycles. The maximum absolute atomic E-state index is 4.57. The van der Waals surface area contributed by atoms with Gasteiger partial charge in [-0.3, -0.25) is 4.40 Å². The first-order chi connectivity index (χ1) is 11.7. The van der Waals surface area contributed by atoms with Crippen LogP contribution in [0.5, 0.6) is 0 Å². The smallest absolute Gasteiger partial charge is 0.213 e. The fourth-order valence-electron chi connectivity index (χ4n) is 2.85. The van der Waals surface area contributed by atoms with E-state index in [0.29, 0.717) is 0 Å². The van der Waals surface area contributed by atoms with Gasteiger partial charge in [-0.1, -0.05) is 29.5 Å². The van der Waals surface area contributed by atoms with Crippen LogP contribution in [0.25, 0.3) is 21.5 Å². The molecule has 4 aromatic heterocycles. The highest BCUT2D eigenvalue weighted by Gasteiger charge is 2.15. The normalized spacial score (nSPS) is 11.9. The summed E-state index contributed by atoms with van der Waals surface area (Å²) in [6.07, 6.45) is 1.93. The minimum absolute atomic E-state index is 0.815. The van der Waals surface area contributed by atoms with E-state index in [4.69, 9.17) is 0 Å². The molecule has 0 spiro atoms. The largest absolute Gasteiger partial charge is 0.270 e. The van der Waals surface area contributed by atoms with Crippen molar-refractivity contribution < 1.29 is 0 Å². The van der Waals surface area contributed by atoms with Gasteiger partial charge < -0.3 is 0 Å². The molecule has 8 heteroatoms. The van der Waals surface area contributed by atoms with E-state index in [-0.39, 0.29) is 0 Å². The predicted molar refractivity (Wildman–Crippen MR) is 95.0 cm³/mol. The number of aromatic nitrogens is 6. The summed E-state index contributed by atoms with van der Waals surface area (Å²) >= 11 is 3.07. The SMILES string of the molecule is Cc1cn2nc(Sc3nnc4cc(C)c5ccccc5n34)sc2n1. The number of rotatable bonds is 2. The molecule has 0 bridgehead atoms. The van der Waals surface area contributed by atoms with Crippen LogP contribution in [-0.4, -0.2) is 29.2 Å². The molecule has 4 heterocycles. The number of benzene rings is 1. The van der Waals surface area contributed by atoms with E-state index in [1.54, 1.807) is 11.3 Å². The van der Waals surface area contributed by atoms with Crippen LogP contribution in [0.4, 0.5) is 0 Å². The Kier molecular flexibility index (Phi) is 2.92. The molecule has 0 atom stereocenters. The van der Waals surface area contributed by atoms with Crippen molar-refractivity contribution in [3.63, 3.8) is 0 Å². The number of fused-ring (bicyclic) bond motifs is 4. The first-order valence-corrected chi connectivity index (χ1v) is 9.06. The minimum Gasteiger partial charge on any atom is -0.270 e. The van der Waals surface area contributed by atoms with Gasteiger partial charge in [0.2, 0.25) is 10.1 Å². The molecule has 5 rings (SSSR count). The number of hydrogen-bond donors (Lipinski definition) is 0. The molecule has 0 N–H and O–H groups in total. The summed E-state index contributed by atoms with van der Waals surface area (Å²) in [6, 6.07) is 10.4. The fourth-order valence-corrected chi connectivity index (χ4v) is 4.78. The van der Waals surface area contributed by atoms with Crippen molar-refractivity contribution in [2.24, 2.45) is 0 Å². The van der Waals surface area contributed by atoms with Crippen molar-refractivity contribution in [2.75, 3.05) is 0 Å². The third-order valence-electron chi connectivity index (χ3n) is 3.90. The number of para-hydroxylation sites is 1. The lowest BCUT2D eigenvalue weighted by atomic mass is 10.1. The highest BCUT2D eigenvalue weighted by molar-refractivity contribution is 8.01. The Morgan fingerprint density at radius 3 is 2.88 bits per heavy atom. The van der Waals surface area contributed by atoms with Crippen molar-refractivity contribution in [1.29, 1.82) is 0 Å². The molecule has 5 aromatic rings. The van der Waals surface area contributed by atoms with Gasteiger partial charge in [0.15, 0.2) is 9.99 Å². The maximum atomic E-state index is 4.57. The van der Waals surface area contributed by atoms with Crippen molar-refractivity contribution in [2.45, 2.75) is 23.3 Å². The summed E-state index contributed by atoms with van der Waals surface area (Å²) in [4.78, 5) is 5.34. The molecule has 0 fully saturated rings. The second kappa shape index (κ2) is 5.02. The molecule has 118 valence electrons. The maximum Gasteiger partial charge on any atom is 0.213 e. The van der Waals surface area contributed by atoms with Crippen molar-refractivity contribution in [1.82, 2.24) is 29.2 Å². The number of nitrogens with zero attached hydrogens (tertiary/aromatic N) is 6. The standard InChI is InChI=1S/C16H12N6S2/c1-9-7-13-18-19-15(22(13)12-6-4-3-5-11(9)12)24-16-20-21-8-10(2)17-14(21)23-16/h3-8H,1-2H3. The number of aryl methyl sites for hydroxylation is 2. The number of imidazole rings is 1. The lowest BCUT2D eigenvalue weighted by Gasteiger charge is -2.06. The van der Waals surface area contributed by atoms with Gasteiger partial charge in [0.1, 0.15) is 0 Å². The molecule has 0 saturated carbocycles. The molecule has 0 aliphatic carbocycles. The predicted octanol–water partition coefficient (Wildman–Crippen LogP) is 3.75. The van der Waals surface area contributed by atoms with E-state index in [9.17, 15) is 0 Å². The first-order valence-electron chi connectivity index (χ1n) is 7.43. The Balaban J connectivity index is 1.68. The van der Waals surface area contributed by atoms with Gasteiger partial charge in [-0.2, -0.15) is 0 Å². The summed E-state index contributed by atoms with van der Waals surface area (Å²) in [5, 5.41) is 15.3. The van der Waals surface area contributed by atoms with Gasteiger partial charge in [-0.15, -0.1) is 15.3 Å². The van der Waals surface area contributed by atoms with Crippen LogP contribution in [0.3, 0.4) is 0 Å². The van der Waals surface area contributed by atoms with Crippen LogP contribution in [0, 0.1) is 13.8 Å². The van der Waals surface area contributed by atoms with Gasteiger partial charge in [-0.25, -0.2) is 9.50 Å². The number of pyridine rings is 1. The van der Waals surface area contributed by atoms with Crippen LogP contribution in [-0.2, 0) is 0 Å². The third-order valence-corrected chi connectivity index (χ3v) is 5.82. The van der Waals surface area contributed by atoms with E-state index in [1.807, 2.05) is 23.7 Å². The van der Waals surface area contributed by atoms with Crippen molar-refractivity contribution in [3.05, 3.63) is 47.8 Å². The van der Waals surface area contributed by atoms with Crippen LogP contribution < -0.4 is 0 Å². The fraction of sp³-hybridized carbons (Fsp3) is 0.125. The second-order valence-electron chi connectivity index (χ2n) is 5.60. The van der Waals surface area contributed by atoms with E-state index in [1.165, 1.54) is 22.7 Å². The second-order valence-corrected chi connectivity index (χ2v) is 7.77. The number of hydrogen-bond acceptors (Lipinski definition) is 6. The monoisotopic (exact) mass is 352 g/mol. The Morgan fingerprint density at radius 1 is 1.12 bits per heavy atom. The summed E-state index contributed by atoms with van der Waals surface area (Å²) in [6.45, 7) is 4.07. The topological polar surface area (TPSA) is 60.4 Å². The Bertz CT molecular complexity index is 1180. The highest BCUT2D eigenvalue weighted by Crippen LogP contribution is 2.32. The molecular formula is C16H12N6S2. The van der Waals surface area contributed by atoms with E-state index >= 15 is 0 Å². The van der Waals surface area contributed by atoms with E-state index in [2.05, 4.69) is 55.9 Å². The van der Waals surface area contributed by atoms with Crippen LogP contribution in [0.2, 0.25) is 0 Å². The van der Waals surface area contributed by atoms with E-state index in [0.717, 1.165) is 31.3 Å². The van der Waals surface area contributed by atoms with Crippen LogP contribution in [0.15, 0.2) is 46.0 Å². The molecule has 0 amide bonds. The summed E-state index contributed by atoms with van der Waals surface area (Å²) in [5.74, 6) is 0. The van der Waals surface area contributed by atoms with Gasteiger partial charge >= 0.3 is 0 Å². The van der Waals surface area contributed by atoms with E-state index < -0.39 is 0 Å². The summed E-state index contributed by atoms with van der Waals surface area (Å²) in [7, 11) is 0. The van der Waals surface area contributed by atoms with Gasteiger partial charge in [0, 0.05) is 5.39 Å². The lowest BCUT2D eigenvalue weighted by Crippen LogP contribution is -1.92. The zero-order valence-corrected chi connectivity index (χ0v) is 14.6. The zero-order valence-electron chi connectivity index (χ0n) is 13.0. The van der Waals surface area contributed by atoms with Crippen LogP contribution in [0.1, 0.15) is 11.3 Å². The Labute approximate surface area is 145 Å². The van der Waals surface area contributed by atoms with Gasteiger partial charge in [0.05, 0.1) is 17.4 Å². The lowest BCUT2D eigenvalue weighted by molar-refractivity contribution is 0.899. The third kappa shape index (κ3) is 2.03. The molecule has 0 unspecified atom stereocenters. The molecule has 0 saturated heterocycles. The average Bonchev–Trinajstić information content (AvgIpc) is 3.21. The summed E-state index contributed by atoms with van der Waals surface area (Å²) < 4.78 is 4.80. The summed E-state index contributed by atoms with van der Waals surface area (Å²) in [5.41, 5.74) is 4.13. The highest BCUT2D eigenvalue weighted by atomic mass is 32.2. The molecule has 6 nitrogen and oxygen atoms in total. The molecule has 0 radical (unpaired) electrons. The Morgan fingerprint density at radius 2 is 2.00 bits per heavy atom. The van der Waals surface area contributed by atoms with Gasteiger partial charge in [0.25, 0.3) is 0 Å². The minimum atomic E-state index is 0.815. The molecule has 24 heavy (non-hydrogen) atoms. The quantitative estimate of drug-likeness (QED) is 0.484. The Hall–Kier alpha value is -2.45.